The van der Waals surface area contributed by atoms with Gasteiger partial charge in [0.1, 0.15) is 6.04 Å². The van der Waals surface area contributed by atoms with E-state index in [1.54, 1.807) is 24.4 Å². The number of aromatic nitrogens is 1. The molecule has 0 unspecified atom stereocenters. The van der Waals surface area contributed by atoms with Gasteiger partial charge in [0.2, 0.25) is 0 Å². The Morgan fingerprint density at radius 2 is 2.47 bits per heavy atom. The lowest BCUT2D eigenvalue weighted by Gasteiger charge is -2.04. The molecule has 0 spiro atoms. The van der Waals surface area contributed by atoms with Crippen molar-refractivity contribution in [2.24, 2.45) is 5.73 Å². The van der Waals surface area contributed by atoms with Crippen molar-refractivity contribution < 1.29 is 11.3 Å². The van der Waals surface area contributed by atoms with Crippen molar-refractivity contribution in [3.63, 3.8) is 0 Å². The number of aromatic amines is 1. The number of para-hydroxylation sites is 1. The molecule has 78 valence electrons. The summed E-state index contributed by atoms with van der Waals surface area (Å²) in [5.41, 5.74) is 7.18. The Labute approximate surface area is 88.1 Å². The van der Waals surface area contributed by atoms with E-state index in [2.05, 4.69) is 4.98 Å². The van der Waals surface area contributed by atoms with Crippen molar-refractivity contribution in [1.29, 1.82) is 0 Å². The number of nitrogens with two attached hydrogens (primary N) is 1. The Kier molecular flexibility index (Phi) is 2.12. The third-order valence-corrected chi connectivity index (χ3v) is 2.37. The first-order valence-electron chi connectivity index (χ1n) is 5.13. The third-order valence-electron chi connectivity index (χ3n) is 2.37. The standard InChI is InChI=1S/C11H12N2O2/c12-9(11(14)15)5-7-6-13-10-4-2-1-3-8(7)10/h1-4,6,9,13H,5,12H2,(H,14,15)/t9-/m0/s1/i2D. The van der Waals surface area contributed by atoms with Gasteiger partial charge in [0.25, 0.3) is 0 Å². The molecule has 4 nitrogen and oxygen atoms in total. The number of hydrogen-bond donors (Lipinski definition) is 3. The summed E-state index contributed by atoms with van der Waals surface area (Å²) in [6, 6.07) is 4.70. The average Bonchev–Trinajstić information content (AvgIpc) is 2.60. The van der Waals surface area contributed by atoms with Crippen molar-refractivity contribution in [1.82, 2.24) is 4.98 Å². The first-order chi connectivity index (χ1) is 7.58. The molecule has 0 bridgehead atoms. The molecule has 0 saturated heterocycles. The molecule has 2 aromatic rings. The van der Waals surface area contributed by atoms with E-state index in [-0.39, 0.29) is 6.42 Å². The Hall–Kier alpha value is -1.81. The van der Waals surface area contributed by atoms with Crippen LogP contribution in [0, 0.1) is 0 Å². The number of rotatable bonds is 3. The van der Waals surface area contributed by atoms with E-state index in [0.29, 0.717) is 6.04 Å². The molecular weight excluding hydrogens is 192 g/mol. The summed E-state index contributed by atoms with van der Waals surface area (Å²) in [5, 5.41) is 9.66. The van der Waals surface area contributed by atoms with Gasteiger partial charge in [-0.3, -0.25) is 4.79 Å². The number of carbonyl (C=O) groups is 1. The highest BCUT2D eigenvalue weighted by Gasteiger charge is 2.14. The van der Waals surface area contributed by atoms with Gasteiger partial charge in [-0.15, -0.1) is 0 Å². The van der Waals surface area contributed by atoms with Gasteiger partial charge in [-0.25, -0.2) is 0 Å². The molecule has 0 fully saturated rings. The summed E-state index contributed by atoms with van der Waals surface area (Å²) >= 11 is 0. The first kappa shape index (κ1) is 8.49. The van der Waals surface area contributed by atoms with E-state index >= 15 is 0 Å². The number of carboxylic acid groups (broad SMARTS) is 1. The second-order valence-electron chi connectivity index (χ2n) is 3.43. The fraction of sp³-hybridized carbons (Fsp3) is 0.182. The fourth-order valence-corrected chi connectivity index (χ4v) is 1.57. The molecule has 4 N–H and O–H groups in total. The molecule has 0 saturated carbocycles. The van der Waals surface area contributed by atoms with Crippen LogP contribution in [0.4, 0.5) is 0 Å². The maximum atomic E-state index is 10.7. The van der Waals surface area contributed by atoms with E-state index in [0.717, 1.165) is 16.5 Å². The maximum Gasteiger partial charge on any atom is 0.320 e. The van der Waals surface area contributed by atoms with Gasteiger partial charge >= 0.3 is 5.97 Å². The van der Waals surface area contributed by atoms with Gasteiger partial charge in [0, 0.05) is 23.5 Å². The van der Waals surface area contributed by atoms with Crippen LogP contribution in [0.1, 0.15) is 6.93 Å². The number of carboxylic acids is 1. The predicted octanol–water partition coefficient (Wildman–Crippen LogP) is 1.12. The molecule has 15 heavy (non-hydrogen) atoms. The van der Waals surface area contributed by atoms with E-state index in [4.69, 9.17) is 12.2 Å². The number of nitrogens with one attached hydrogen (secondary N) is 1. The summed E-state index contributed by atoms with van der Waals surface area (Å²) in [7, 11) is 0. The summed E-state index contributed by atoms with van der Waals surface area (Å²) in [6.07, 6.45) is 2.03. The highest BCUT2D eigenvalue weighted by molar-refractivity contribution is 5.84. The van der Waals surface area contributed by atoms with Gasteiger partial charge in [-0.1, -0.05) is 18.2 Å². The lowest BCUT2D eigenvalue weighted by molar-refractivity contribution is -0.138. The monoisotopic (exact) mass is 205 g/mol. The van der Waals surface area contributed by atoms with Gasteiger partial charge in [0.05, 0.1) is 1.37 Å². The molecule has 0 aliphatic carbocycles. The third kappa shape index (κ3) is 1.85. The molecule has 1 aromatic heterocycles. The summed E-state index contributed by atoms with van der Waals surface area (Å²) in [5.74, 6) is -1.01. The zero-order valence-electron chi connectivity index (χ0n) is 9.03. The van der Waals surface area contributed by atoms with Gasteiger partial charge < -0.3 is 15.8 Å². The minimum absolute atomic E-state index is 0.284. The van der Waals surface area contributed by atoms with E-state index in [9.17, 15) is 4.79 Å². The second-order valence-corrected chi connectivity index (χ2v) is 3.43. The van der Waals surface area contributed by atoms with Crippen LogP contribution in [0.2, 0.25) is 0 Å². The number of benzene rings is 1. The Morgan fingerprint density at radius 1 is 1.67 bits per heavy atom. The van der Waals surface area contributed by atoms with Crippen molar-refractivity contribution in [2.75, 3.05) is 0 Å². The predicted molar refractivity (Wildman–Crippen MR) is 57.6 cm³/mol. The molecular formula is C11H12N2O2. The number of H-pyrrole nitrogens is 1. The molecule has 4 heteroatoms. The van der Waals surface area contributed by atoms with Crippen LogP contribution in [0.25, 0.3) is 10.9 Å². The first-order valence-corrected chi connectivity index (χ1v) is 4.63. The van der Waals surface area contributed by atoms with E-state index < -0.39 is 12.0 Å². The number of fused-ring (bicyclic) bond motifs is 1. The molecule has 0 radical (unpaired) electrons. The molecule has 0 aliphatic rings. The Balaban J connectivity index is 2.35. The summed E-state index contributed by atoms with van der Waals surface area (Å²) in [4.78, 5) is 13.7. The van der Waals surface area contributed by atoms with Crippen LogP contribution in [-0.2, 0) is 11.2 Å². The van der Waals surface area contributed by atoms with Crippen LogP contribution in [0.3, 0.4) is 0 Å². The van der Waals surface area contributed by atoms with E-state index in [1.165, 1.54) is 0 Å². The minimum Gasteiger partial charge on any atom is -0.480 e. The largest absolute Gasteiger partial charge is 0.480 e. The topological polar surface area (TPSA) is 79.1 Å². The summed E-state index contributed by atoms with van der Waals surface area (Å²) in [6.45, 7) is 0. The maximum absolute atomic E-state index is 10.7. The average molecular weight is 205 g/mol. The summed E-state index contributed by atoms with van der Waals surface area (Å²) < 4.78 is 7.46. The molecule has 1 heterocycles. The fourth-order valence-electron chi connectivity index (χ4n) is 1.57. The SMILES string of the molecule is [2H]c1ccc2c(C[C@H](N)C(=O)O)c[nH]c2c1. The van der Waals surface area contributed by atoms with Crippen LogP contribution >= 0.6 is 0 Å². The molecule has 1 aromatic carbocycles. The molecule has 2 rings (SSSR count). The van der Waals surface area contributed by atoms with E-state index in [1.807, 2.05) is 0 Å². The van der Waals surface area contributed by atoms with Gasteiger partial charge in [0.15, 0.2) is 0 Å². The zero-order chi connectivity index (χ0) is 11.7. The van der Waals surface area contributed by atoms with Crippen LogP contribution < -0.4 is 5.73 Å². The zero-order valence-corrected chi connectivity index (χ0v) is 8.03. The number of hydrogen-bond acceptors (Lipinski definition) is 2. The second kappa shape index (κ2) is 3.74. The van der Waals surface area contributed by atoms with Crippen LogP contribution in [0.5, 0.6) is 0 Å². The van der Waals surface area contributed by atoms with Crippen molar-refractivity contribution in [3.05, 3.63) is 36.0 Å². The van der Waals surface area contributed by atoms with Crippen molar-refractivity contribution in [3.8, 4) is 0 Å². The highest BCUT2D eigenvalue weighted by Crippen LogP contribution is 2.18. The number of aliphatic carboxylic acids is 1. The Bertz CT molecular complexity index is 536. The van der Waals surface area contributed by atoms with Crippen molar-refractivity contribution >= 4 is 16.9 Å². The lowest BCUT2D eigenvalue weighted by Crippen LogP contribution is -2.32. The molecule has 1 atom stereocenters. The highest BCUT2D eigenvalue weighted by atomic mass is 16.4. The van der Waals surface area contributed by atoms with Crippen molar-refractivity contribution in [2.45, 2.75) is 12.5 Å². The smallest absolute Gasteiger partial charge is 0.320 e. The molecule has 0 aliphatic heterocycles. The minimum atomic E-state index is -1.01. The van der Waals surface area contributed by atoms with Crippen LogP contribution in [0.15, 0.2) is 30.4 Å². The quantitative estimate of drug-likeness (QED) is 0.702. The molecule has 0 amide bonds. The van der Waals surface area contributed by atoms with Gasteiger partial charge in [-0.05, 0) is 11.6 Å². The Morgan fingerprint density at radius 3 is 3.20 bits per heavy atom. The lowest BCUT2D eigenvalue weighted by atomic mass is 10.1. The van der Waals surface area contributed by atoms with Crippen LogP contribution in [-0.4, -0.2) is 22.1 Å². The normalized spacial score (nSPS) is 13.8. The van der Waals surface area contributed by atoms with Gasteiger partial charge in [-0.2, -0.15) is 0 Å².